The molecule has 3 aromatic rings. The molecule has 3 aliphatic carbocycles. The summed E-state index contributed by atoms with van der Waals surface area (Å²) in [6, 6.07) is 0.734. The molecule has 0 bridgehead atoms. The molecule has 12 nitrogen and oxygen atoms in total. The van der Waals surface area contributed by atoms with E-state index < -0.39 is 58.0 Å². The highest BCUT2D eigenvalue weighted by molar-refractivity contribution is 7.12. The van der Waals surface area contributed by atoms with Crippen molar-refractivity contribution in [2.45, 2.75) is 24.5 Å². The lowest BCUT2D eigenvalue weighted by molar-refractivity contribution is -0.153. The van der Waals surface area contributed by atoms with Crippen molar-refractivity contribution < 1.29 is 34.1 Å². The maximum atomic E-state index is 14.1. The van der Waals surface area contributed by atoms with Gasteiger partial charge in [-0.3, -0.25) is 19.3 Å². The molecular formula is C27H27N5O7S. The number of benzene rings is 1. The lowest BCUT2D eigenvalue weighted by Gasteiger charge is -2.50. The molecule has 208 valence electrons. The van der Waals surface area contributed by atoms with Gasteiger partial charge in [0.2, 0.25) is 5.78 Å². The number of oxazole rings is 1. The number of ketones is 2. The predicted octanol–water partition coefficient (Wildman–Crippen LogP) is 1.59. The van der Waals surface area contributed by atoms with E-state index in [4.69, 9.17) is 10.2 Å². The molecule has 0 saturated heterocycles. The van der Waals surface area contributed by atoms with Crippen LogP contribution in [-0.4, -0.2) is 87.5 Å². The Labute approximate surface area is 232 Å². The number of hydrogen-bond acceptors (Lipinski definition) is 12. The van der Waals surface area contributed by atoms with E-state index in [0.29, 0.717) is 16.1 Å². The summed E-state index contributed by atoms with van der Waals surface area (Å²) in [7, 11) is 6.86. The van der Waals surface area contributed by atoms with E-state index in [2.05, 4.69) is 9.97 Å². The largest absolute Gasteiger partial charge is 0.508 e. The van der Waals surface area contributed by atoms with Crippen molar-refractivity contribution in [2.24, 2.45) is 17.6 Å². The minimum Gasteiger partial charge on any atom is -0.508 e. The van der Waals surface area contributed by atoms with Gasteiger partial charge in [-0.2, -0.15) is 0 Å². The molecule has 1 amide bonds. The number of likely N-dealkylation sites (N-methyl/N-ethyl adjacent to an activating group) is 1. The van der Waals surface area contributed by atoms with E-state index in [1.54, 1.807) is 25.7 Å². The van der Waals surface area contributed by atoms with Gasteiger partial charge in [-0.25, -0.2) is 9.97 Å². The number of thiazole rings is 1. The minimum absolute atomic E-state index is 0.0669. The molecule has 5 N–H and O–H groups in total. The van der Waals surface area contributed by atoms with Gasteiger partial charge in [0.05, 0.1) is 11.6 Å². The van der Waals surface area contributed by atoms with Crippen molar-refractivity contribution in [1.29, 1.82) is 0 Å². The van der Waals surface area contributed by atoms with Crippen molar-refractivity contribution in [3.8, 4) is 10.9 Å². The first-order chi connectivity index (χ1) is 18.9. The predicted molar refractivity (Wildman–Crippen MR) is 146 cm³/mol. The van der Waals surface area contributed by atoms with Gasteiger partial charge in [0, 0.05) is 42.9 Å². The molecule has 1 saturated carbocycles. The number of hydrogen-bond donors (Lipinski definition) is 4. The van der Waals surface area contributed by atoms with Crippen LogP contribution >= 0.6 is 11.3 Å². The quantitative estimate of drug-likeness (QED) is 0.337. The zero-order valence-corrected chi connectivity index (χ0v) is 22.9. The third-order valence-electron chi connectivity index (χ3n) is 8.18. The Morgan fingerprint density at radius 3 is 2.55 bits per heavy atom. The van der Waals surface area contributed by atoms with E-state index in [9.17, 15) is 29.7 Å². The van der Waals surface area contributed by atoms with Crippen LogP contribution in [-0.2, 0) is 20.8 Å². The van der Waals surface area contributed by atoms with Crippen molar-refractivity contribution in [3.05, 3.63) is 45.7 Å². The minimum atomic E-state index is -2.64. The lowest BCUT2D eigenvalue weighted by Crippen LogP contribution is -2.65. The standard InChI is InChI=1S/C27H27N5O7S/c1-31(2)14-9-13-21(39-25(30-13)26-29-5-6-40-26)16-11(14)7-10-8-12-18(32(3)4)20(34)17(24(28)37)23(36)27(12,38)22(35)15(10)19(16)33/h5-6,9-10,12,18,33,36,38H,7-8H2,1-4H3,(H2,28,37)/t10-,12-,18-,27-/m0/s1. The molecule has 0 aliphatic heterocycles. The van der Waals surface area contributed by atoms with E-state index in [0.717, 1.165) is 5.69 Å². The summed E-state index contributed by atoms with van der Waals surface area (Å²) in [4.78, 5) is 51.7. The maximum Gasteiger partial charge on any atom is 0.256 e. The number of Topliss-reactive ketones (excluding diaryl/α,β-unsaturated/α-hetero) is 2. The molecule has 0 radical (unpaired) electrons. The van der Waals surface area contributed by atoms with E-state index in [1.807, 2.05) is 25.1 Å². The second kappa shape index (κ2) is 8.71. The fourth-order valence-electron chi connectivity index (χ4n) is 6.50. The van der Waals surface area contributed by atoms with Crippen LogP contribution in [0.5, 0.6) is 0 Å². The number of carbonyl (C=O) groups is 3. The maximum absolute atomic E-state index is 14.1. The second-order valence-corrected chi connectivity index (χ2v) is 11.7. The van der Waals surface area contributed by atoms with Crippen molar-refractivity contribution in [2.75, 3.05) is 33.1 Å². The highest BCUT2D eigenvalue weighted by atomic mass is 32.1. The number of amides is 1. The summed E-state index contributed by atoms with van der Waals surface area (Å²) < 4.78 is 6.07. The fourth-order valence-corrected chi connectivity index (χ4v) is 7.06. The number of rotatable bonds is 4. The van der Waals surface area contributed by atoms with Gasteiger partial charge in [0.25, 0.3) is 11.8 Å². The van der Waals surface area contributed by atoms with Crippen molar-refractivity contribution >= 4 is 51.4 Å². The van der Waals surface area contributed by atoms with Crippen LogP contribution in [0.15, 0.2) is 39.0 Å². The summed E-state index contributed by atoms with van der Waals surface area (Å²) >= 11 is 1.33. The molecule has 0 unspecified atom stereocenters. The smallest absolute Gasteiger partial charge is 0.256 e. The normalized spacial score (nSPS) is 26.3. The van der Waals surface area contributed by atoms with Crippen LogP contribution < -0.4 is 10.6 Å². The Hall–Kier alpha value is -4.07. The summed E-state index contributed by atoms with van der Waals surface area (Å²) in [5.41, 5.74) is 4.24. The van der Waals surface area contributed by atoms with Crippen LogP contribution in [0.2, 0.25) is 0 Å². The van der Waals surface area contributed by atoms with Crippen molar-refractivity contribution in [1.82, 2.24) is 14.9 Å². The summed E-state index contributed by atoms with van der Waals surface area (Å²) in [5.74, 6) is -5.94. The van der Waals surface area contributed by atoms with Crippen LogP contribution in [0.3, 0.4) is 0 Å². The van der Waals surface area contributed by atoms with Gasteiger partial charge < -0.3 is 30.4 Å². The highest BCUT2D eigenvalue weighted by Crippen LogP contribution is 2.53. The molecule has 13 heteroatoms. The average Bonchev–Trinajstić information content (AvgIpc) is 3.55. The number of nitrogens with two attached hydrogens (primary N) is 1. The monoisotopic (exact) mass is 565 g/mol. The Balaban J connectivity index is 1.61. The van der Waals surface area contributed by atoms with E-state index >= 15 is 0 Å². The van der Waals surface area contributed by atoms with Crippen LogP contribution in [0.1, 0.15) is 17.5 Å². The van der Waals surface area contributed by atoms with Crippen molar-refractivity contribution in [3.63, 3.8) is 0 Å². The molecule has 1 aromatic carbocycles. The molecule has 4 atom stereocenters. The molecular weight excluding hydrogens is 538 g/mol. The number of carbonyl (C=O) groups excluding carboxylic acids is 3. The lowest BCUT2D eigenvalue weighted by atomic mass is 9.57. The SMILES string of the molecule is CN(C)c1cc2nc(-c3nccs3)oc2c2c1C[C@H]1C[C@H]3[C@H](N(C)C)C(=O)C(C(N)=O)=C(O)[C@@]3(O)C(=O)C1=C2O. The molecule has 3 aliphatic rings. The highest BCUT2D eigenvalue weighted by Gasteiger charge is 2.64. The zero-order valence-electron chi connectivity index (χ0n) is 22.1. The Morgan fingerprint density at radius 1 is 1.23 bits per heavy atom. The first-order valence-electron chi connectivity index (χ1n) is 12.6. The summed E-state index contributed by atoms with van der Waals surface area (Å²) in [5, 5.41) is 36.9. The first kappa shape index (κ1) is 26.2. The molecule has 2 heterocycles. The Bertz CT molecular complexity index is 1690. The molecule has 40 heavy (non-hydrogen) atoms. The second-order valence-electron chi connectivity index (χ2n) is 10.8. The Kier molecular flexibility index (Phi) is 5.70. The van der Waals surface area contributed by atoms with Crippen LogP contribution in [0, 0.1) is 11.8 Å². The van der Waals surface area contributed by atoms with Gasteiger partial charge in [-0.1, -0.05) is 0 Å². The molecule has 0 spiro atoms. The van der Waals surface area contributed by atoms with Crippen LogP contribution in [0.25, 0.3) is 27.8 Å². The molecule has 6 rings (SSSR count). The third-order valence-corrected chi connectivity index (χ3v) is 8.94. The zero-order chi connectivity index (χ0) is 28.8. The summed E-state index contributed by atoms with van der Waals surface area (Å²) in [6.45, 7) is 0. The number of primary amides is 1. The Morgan fingerprint density at radius 2 is 1.95 bits per heavy atom. The third kappa shape index (κ3) is 3.34. The number of aromatic nitrogens is 2. The molecule has 2 aromatic heterocycles. The van der Waals surface area contributed by atoms with Gasteiger partial charge in [-0.15, -0.1) is 11.3 Å². The fraction of sp³-hybridized carbons (Fsp3) is 0.370. The number of fused-ring (bicyclic) bond motifs is 5. The van der Waals surface area contributed by atoms with Gasteiger partial charge >= 0.3 is 0 Å². The number of aliphatic hydroxyl groups excluding tert-OH is 2. The first-order valence-corrected chi connectivity index (χ1v) is 13.4. The number of anilines is 1. The number of aliphatic hydroxyl groups is 3. The van der Waals surface area contributed by atoms with E-state index in [-0.39, 0.29) is 35.5 Å². The van der Waals surface area contributed by atoms with Gasteiger partial charge in [0.1, 0.15) is 22.6 Å². The number of nitrogens with zero attached hydrogens (tertiary/aromatic N) is 4. The summed E-state index contributed by atoms with van der Waals surface area (Å²) in [6.07, 6.45) is 1.97. The van der Waals surface area contributed by atoms with Crippen LogP contribution in [0.4, 0.5) is 5.69 Å². The van der Waals surface area contributed by atoms with Gasteiger partial charge in [0.15, 0.2) is 22.0 Å². The topological polar surface area (TPSA) is 183 Å². The molecule has 1 fully saturated rings. The van der Waals surface area contributed by atoms with E-state index in [1.165, 1.54) is 16.2 Å². The van der Waals surface area contributed by atoms with Gasteiger partial charge in [-0.05, 0) is 44.5 Å². The average molecular weight is 566 g/mol.